The molecule has 0 bridgehead atoms. The number of primary amides is 1. The second-order valence-corrected chi connectivity index (χ2v) is 4.22. The second kappa shape index (κ2) is 3.87. The van der Waals surface area contributed by atoms with Gasteiger partial charge in [-0.15, -0.1) is 0 Å². The molecule has 1 heterocycles. The van der Waals surface area contributed by atoms with Crippen LogP contribution in [0.4, 0.5) is 0 Å². The average molecular weight is 198 g/mol. The van der Waals surface area contributed by atoms with Crippen LogP contribution in [-0.4, -0.2) is 42.1 Å². The van der Waals surface area contributed by atoms with Crippen LogP contribution >= 0.6 is 0 Å². The summed E-state index contributed by atoms with van der Waals surface area (Å²) in [5.41, 5.74) is 5.33. The molecule has 1 aliphatic carbocycles. The number of hydrogen-bond acceptors (Lipinski definition) is 3. The summed E-state index contributed by atoms with van der Waals surface area (Å²) in [7, 11) is 0. The van der Waals surface area contributed by atoms with E-state index < -0.39 is 0 Å². The van der Waals surface area contributed by atoms with Crippen molar-refractivity contribution in [1.82, 2.24) is 4.90 Å². The van der Waals surface area contributed by atoms with Gasteiger partial charge in [-0.2, -0.15) is 0 Å². The first-order valence-corrected chi connectivity index (χ1v) is 5.37. The maximum Gasteiger partial charge on any atom is 0.234 e. The lowest BCUT2D eigenvalue weighted by molar-refractivity contribution is -0.129. The topological polar surface area (TPSA) is 55.6 Å². The molecule has 1 saturated carbocycles. The lowest BCUT2D eigenvalue weighted by atomic mass is 10.1. The number of carbonyl (C=O) groups excluding carboxylic acids is 1. The molecule has 2 aliphatic rings. The lowest BCUT2D eigenvalue weighted by Crippen LogP contribution is -2.55. The molecule has 80 valence electrons. The van der Waals surface area contributed by atoms with Gasteiger partial charge < -0.3 is 10.5 Å². The van der Waals surface area contributed by atoms with Crippen LogP contribution in [-0.2, 0) is 9.53 Å². The molecule has 2 rings (SSSR count). The van der Waals surface area contributed by atoms with E-state index >= 15 is 0 Å². The first-order chi connectivity index (χ1) is 6.70. The van der Waals surface area contributed by atoms with Crippen molar-refractivity contribution in [3.05, 3.63) is 0 Å². The van der Waals surface area contributed by atoms with Crippen LogP contribution in [0.2, 0.25) is 0 Å². The molecule has 0 radical (unpaired) electrons. The minimum atomic E-state index is -0.224. The Kier molecular flexibility index (Phi) is 2.74. The lowest BCUT2D eigenvalue weighted by Gasteiger charge is -2.40. The van der Waals surface area contributed by atoms with Gasteiger partial charge in [0.2, 0.25) is 5.91 Å². The van der Waals surface area contributed by atoms with Crippen LogP contribution in [0.25, 0.3) is 0 Å². The van der Waals surface area contributed by atoms with Crippen LogP contribution < -0.4 is 5.73 Å². The Morgan fingerprint density at radius 3 is 3.07 bits per heavy atom. The fraction of sp³-hybridized carbons (Fsp3) is 0.900. The SMILES string of the molecule is CC(C(N)=O)N1CCOC2CCCC21. The van der Waals surface area contributed by atoms with Gasteiger partial charge in [-0.3, -0.25) is 9.69 Å². The Morgan fingerprint density at radius 2 is 2.36 bits per heavy atom. The third-order valence-electron chi connectivity index (χ3n) is 3.43. The van der Waals surface area contributed by atoms with Gasteiger partial charge in [-0.1, -0.05) is 0 Å². The van der Waals surface area contributed by atoms with E-state index in [-0.39, 0.29) is 11.9 Å². The fourth-order valence-electron chi connectivity index (χ4n) is 2.60. The number of fused-ring (bicyclic) bond motifs is 1. The number of nitrogens with two attached hydrogens (primary N) is 1. The van der Waals surface area contributed by atoms with Gasteiger partial charge in [0.25, 0.3) is 0 Å². The second-order valence-electron chi connectivity index (χ2n) is 4.22. The minimum absolute atomic E-state index is 0.149. The van der Waals surface area contributed by atoms with E-state index in [0.29, 0.717) is 12.1 Å². The fourth-order valence-corrected chi connectivity index (χ4v) is 2.60. The van der Waals surface area contributed by atoms with Gasteiger partial charge in [0.05, 0.1) is 18.8 Å². The molecular weight excluding hydrogens is 180 g/mol. The van der Waals surface area contributed by atoms with Crippen molar-refractivity contribution in [3.63, 3.8) is 0 Å². The number of morpholine rings is 1. The molecule has 0 aromatic carbocycles. The maximum atomic E-state index is 11.1. The first kappa shape index (κ1) is 9.93. The average Bonchev–Trinajstić information content (AvgIpc) is 2.63. The Bertz CT molecular complexity index is 232. The summed E-state index contributed by atoms with van der Waals surface area (Å²) < 4.78 is 5.67. The van der Waals surface area contributed by atoms with Crippen molar-refractivity contribution < 1.29 is 9.53 Å². The maximum absolute atomic E-state index is 11.1. The molecule has 1 amide bonds. The molecule has 14 heavy (non-hydrogen) atoms. The highest BCUT2D eigenvalue weighted by atomic mass is 16.5. The zero-order chi connectivity index (χ0) is 10.1. The van der Waals surface area contributed by atoms with E-state index in [9.17, 15) is 4.79 Å². The summed E-state index contributed by atoms with van der Waals surface area (Å²) >= 11 is 0. The summed E-state index contributed by atoms with van der Waals surface area (Å²) in [6.07, 6.45) is 3.82. The summed E-state index contributed by atoms with van der Waals surface area (Å²) in [6.45, 7) is 3.47. The molecule has 2 N–H and O–H groups in total. The first-order valence-electron chi connectivity index (χ1n) is 5.37. The van der Waals surface area contributed by atoms with Crippen LogP contribution in [0.15, 0.2) is 0 Å². The quantitative estimate of drug-likeness (QED) is 0.685. The zero-order valence-corrected chi connectivity index (χ0v) is 8.61. The number of hydrogen-bond donors (Lipinski definition) is 1. The molecule has 1 aliphatic heterocycles. The molecule has 4 nitrogen and oxygen atoms in total. The normalized spacial score (nSPS) is 35.2. The van der Waals surface area contributed by atoms with E-state index in [1.165, 1.54) is 6.42 Å². The number of rotatable bonds is 2. The molecule has 0 spiro atoms. The monoisotopic (exact) mass is 198 g/mol. The van der Waals surface area contributed by atoms with E-state index in [0.717, 1.165) is 26.0 Å². The van der Waals surface area contributed by atoms with Crippen molar-refractivity contribution in [2.45, 2.75) is 44.4 Å². The van der Waals surface area contributed by atoms with Gasteiger partial charge in [0.1, 0.15) is 0 Å². The molecule has 3 unspecified atom stereocenters. The summed E-state index contributed by atoms with van der Waals surface area (Å²) in [5, 5.41) is 0. The van der Waals surface area contributed by atoms with Crippen molar-refractivity contribution in [1.29, 1.82) is 0 Å². The molecule has 0 aromatic heterocycles. The number of nitrogens with zero attached hydrogens (tertiary/aromatic N) is 1. The van der Waals surface area contributed by atoms with Crippen LogP contribution in [0.5, 0.6) is 0 Å². The summed E-state index contributed by atoms with van der Waals surface area (Å²) in [4.78, 5) is 13.3. The van der Waals surface area contributed by atoms with Gasteiger partial charge in [-0.25, -0.2) is 0 Å². The zero-order valence-electron chi connectivity index (χ0n) is 8.61. The highest BCUT2D eigenvalue weighted by Crippen LogP contribution is 2.30. The van der Waals surface area contributed by atoms with E-state index in [4.69, 9.17) is 10.5 Å². The summed E-state index contributed by atoms with van der Waals surface area (Å²) in [6, 6.07) is 0.274. The third kappa shape index (κ3) is 1.64. The highest BCUT2D eigenvalue weighted by Gasteiger charge is 2.39. The Hall–Kier alpha value is -0.610. The van der Waals surface area contributed by atoms with Gasteiger partial charge in [0.15, 0.2) is 0 Å². The van der Waals surface area contributed by atoms with Crippen molar-refractivity contribution in [3.8, 4) is 0 Å². The predicted molar refractivity (Wildman–Crippen MR) is 52.7 cm³/mol. The largest absolute Gasteiger partial charge is 0.375 e. The Labute approximate surface area is 84.4 Å². The Balaban J connectivity index is 2.06. The molecule has 2 fully saturated rings. The molecule has 0 aromatic rings. The van der Waals surface area contributed by atoms with Gasteiger partial charge in [-0.05, 0) is 26.2 Å². The van der Waals surface area contributed by atoms with Crippen molar-refractivity contribution >= 4 is 5.91 Å². The van der Waals surface area contributed by atoms with Gasteiger partial charge >= 0.3 is 0 Å². The molecule has 4 heteroatoms. The summed E-state index contributed by atoms with van der Waals surface area (Å²) in [5.74, 6) is -0.224. The van der Waals surface area contributed by atoms with Gasteiger partial charge in [0, 0.05) is 12.6 Å². The van der Waals surface area contributed by atoms with E-state index in [1.54, 1.807) is 0 Å². The highest BCUT2D eigenvalue weighted by molar-refractivity contribution is 5.79. The standard InChI is InChI=1S/C10H18N2O2/c1-7(10(11)13)12-5-6-14-9-4-2-3-8(9)12/h7-9H,2-6H2,1H3,(H2,11,13). The number of carbonyl (C=O) groups is 1. The smallest absolute Gasteiger partial charge is 0.234 e. The number of amides is 1. The number of ether oxygens (including phenoxy) is 1. The van der Waals surface area contributed by atoms with Crippen LogP contribution in [0.3, 0.4) is 0 Å². The third-order valence-corrected chi connectivity index (χ3v) is 3.43. The van der Waals surface area contributed by atoms with Crippen molar-refractivity contribution in [2.24, 2.45) is 5.73 Å². The molecule has 1 saturated heterocycles. The Morgan fingerprint density at radius 1 is 1.57 bits per heavy atom. The van der Waals surface area contributed by atoms with Crippen LogP contribution in [0, 0.1) is 0 Å². The predicted octanol–water partition coefficient (Wildman–Crippen LogP) is 0.114. The molecular formula is C10H18N2O2. The van der Waals surface area contributed by atoms with Crippen LogP contribution in [0.1, 0.15) is 26.2 Å². The molecule has 3 atom stereocenters. The van der Waals surface area contributed by atoms with Crippen molar-refractivity contribution in [2.75, 3.05) is 13.2 Å². The minimum Gasteiger partial charge on any atom is -0.375 e. The van der Waals surface area contributed by atoms with E-state index in [2.05, 4.69) is 4.90 Å². The van der Waals surface area contributed by atoms with E-state index in [1.807, 2.05) is 6.92 Å².